The lowest BCUT2D eigenvalue weighted by atomic mass is 10.4. The van der Waals surface area contributed by atoms with Gasteiger partial charge in [0.25, 0.3) is 0 Å². The molecule has 0 amide bonds. The van der Waals surface area contributed by atoms with Crippen molar-refractivity contribution in [2.45, 2.75) is 0 Å². The molecule has 44 valence electrons. The number of hydrogen-bond donors (Lipinski definition) is 0. The predicted molar refractivity (Wildman–Crippen MR) is 35.0 cm³/mol. The van der Waals surface area contributed by atoms with Crippen LogP contribution in [-0.2, 0) is 4.79 Å². The average Bonchev–Trinajstić information content (AvgIpc) is 1.68. The first-order valence-electron chi connectivity index (χ1n) is 1.88. The first-order chi connectivity index (χ1) is 3.81. The molecule has 0 rings (SSSR count). The number of hydrogen-bond acceptors (Lipinski definition) is 1. The molecule has 8 heavy (non-hydrogen) atoms. The molecule has 0 aliphatic heterocycles. The quantitative estimate of drug-likeness (QED) is 0.552. The molecule has 0 aliphatic carbocycles. The molecule has 0 aromatic rings. The topological polar surface area (TPSA) is 17.1 Å². The lowest BCUT2D eigenvalue weighted by Gasteiger charge is -1.73. The van der Waals surface area contributed by atoms with Gasteiger partial charge in [-0.05, 0) is 12.2 Å². The maximum absolute atomic E-state index is 10.3. The van der Waals surface area contributed by atoms with Gasteiger partial charge in [0.2, 0.25) is 0 Å². The average molecular weight is 151 g/mol. The van der Waals surface area contributed by atoms with E-state index in [4.69, 9.17) is 23.2 Å². The van der Waals surface area contributed by atoms with Crippen molar-refractivity contribution in [1.29, 1.82) is 0 Å². The van der Waals surface area contributed by atoms with E-state index in [1.54, 1.807) is 0 Å². The second-order valence-corrected chi connectivity index (χ2v) is 1.49. The summed E-state index contributed by atoms with van der Waals surface area (Å²) < 4.78 is 0. The smallest absolute Gasteiger partial charge is 0.180 e. The standard InChI is InChI=1S/C5H4Cl2O/c6-3-1-5(8)2-4-7/h1-4H/b3-1+,4-2+. The van der Waals surface area contributed by atoms with Crippen LogP contribution in [0.5, 0.6) is 0 Å². The highest BCUT2D eigenvalue weighted by molar-refractivity contribution is 6.29. The van der Waals surface area contributed by atoms with Crippen molar-refractivity contribution in [2.24, 2.45) is 0 Å². The second-order valence-electron chi connectivity index (χ2n) is 0.988. The van der Waals surface area contributed by atoms with Gasteiger partial charge in [-0.3, -0.25) is 4.79 Å². The number of carbonyl (C=O) groups excluding carboxylic acids is 1. The Hall–Kier alpha value is -0.270. The Morgan fingerprint density at radius 1 is 1.12 bits per heavy atom. The Bertz CT molecular complexity index is 112. The van der Waals surface area contributed by atoms with E-state index in [0.29, 0.717) is 0 Å². The van der Waals surface area contributed by atoms with Crippen LogP contribution in [0.1, 0.15) is 0 Å². The Balaban J connectivity index is 3.66. The first kappa shape index (κ1) is 7.73. The van der Waals surface area contributed by atoms with Crippen LogP contribution < -0.4 is 0 Å². The molecule has 0 aromatic heterocycles. The van der Waals surface area contributed by atoms with Crippen molar-refractivity contribution in [1.82, 2.24) is 0 Å². The summed E-state index contributed by atoms with van der Waals surface area (Å²) in [6.45, 7) is 0. The van der Waals surface area contributed by atoms with Gasteiger partial charge in [0.15, 0.2) is 5.78 Å². The fourth-order valence-electron chi connectivity index (χ4n) is 0.180. The molecule has 0 unspecified atom stereocenters. The largest absolute Gasteiger partial charge is 0.290 e. The lowest BCUT2D eigenvalue weighted by Crippen LogP contribution is -1.80. The minimum absolute atomic E-state index is 0.213. The van der Waals surface area contributed by atoms with Crippen LogP contribution in [-0.4, -0.2) is 5.78 Å². The molecule has 0 spiro atoms. The van der Waals surface area contributed by atoms with E-state index < -0.39 is 0 Å². The minimum atomic E-state index is -0.213. The third-order valence-corrected chi connectivity index (χ3v) is 0.706. The summed E-state index contributed by atoms with van der Waals surface area (Å²) in [5.74, 6) is -0.213. The third-order valence-electron chi connectivity index (χ3n) is 0.455. The zero-order valence-electron chi connectivity index (χ0n) is 3.97. The number of allylic oxidation sites excluding steroid dienone is 2. The normalized spacial score (nSPS) is 11.2. The van der Waals surface area contributed by atoms with Crippen molar-refractivity contribution in [3.05, 3.63) is 23.2 Å². The van der Waals surface area contributed by atoms with Crippen LogP contribution in [0.4, 0.5) is 0 Å². The summed E-state index contributed by atoms with van der Waals surface area (Å²) in [5, 5.41) is 0. The highest BCUT2D eigenvalue weighted by atomic mass is 35.5. The van der Waals surface area contributed by atoms with Crippen molar-refractivity contribution in [3.8, 4) is 0 Å². The molecule has 1 nitrogen and oxygen atoms in total. The molecule has 0 aromatic carbocycles. The number of carbonyl (C=O) groups is 1. The van der Waals surface area contributed by atoms with Gasteiger partial charge in [-0.15, -0.1) is 0 Å². The van der Waals surface area contributed by atoms with Gasteiger partial charge in [-0.25, -0.2) is 0 Å². The Labute approximate surface area is 57.6 Å². The van der Waals surface area contributed by atoms with Crippen LogP contribution >= 0.6 is 23.2 Å². The van der Waals surface area contributed by atoms with Crippen LogP contribution in [0, 0.1) is 0 Å². The molecule has 0 bridgehead atoms. The van der Waals surface area contributed by atoms with Crippen LogP contribution in [0.3, 0.4) is 0 Å². The molecular formula is C5H4Cl2O. The number of halogens is 2. The maximum atomic E-state index is 10.3. The van der Waals surface area contributed by atoms with E-state index in [0.717, 1.165) is 11.1 Å². The molecule has 0 saturated heterocycles. The van der Waals surface area contributed by atoms with Crippen LogP contribution in [0.2, 0.25) is 0 Å². The van der Waals surface area contributed by atoms with Crippen LogP contribution in [0.25, 0.3) is 0 Å². The molecule has 0 radical (unpaired) electrons. The van der Waals surface area contributed by atoms with Gasteiger partial charge < -0.3 is 0 Å². The highest BCUT2D eigenvalue weighted by Crippen LogP contribution is 1.84. The molecule has 3 heteroatoms. The molecule has 0 aliphatic rings. The van der Waals surface area contributed by atoms with Gasteiger partial charge in [0.05, 0.1) is 0 Å². The predicted octanol–water partition coefficient (Wildman–Crippen LogP) is 2.06. The molecule has 0 saturated carbocycles. The Kier molecular flexibility index (Phi) is 4.71. The summed E-state index contributed by atoms with van der Waals surface area (Å²) in [5.41, 5.74) is 2.28. The van der Waals surface area contributed by atoms with E-state index in [2.05, 4.69) is 0 Å². The third kappa shape index (κ3) is 3.90. The Morgan fingerprint density at radius 2 is 1.50 bits per heavy atom. The molecule has 0 fully saturated rings. The summed E-state index contributed by atoms with van der Waals surface area (Å²) in [4.78, 5) is 10.3. The van der Waals surface area contributed by atoms with Crippen molar-refractivity contribution in [2.75, 3.05) is 0 Å². The highest BCUT2D eigenvalue weighted by Gasteiger charge is 1.82. The van der Waals surface area contributed by atoms with Gasteiger partial charge in [-0.1, -0.05) is 23.2 Å². The molecule has 0 heterocycles. The first-order valence-corrected chi connectivity index (χ1v) is 2.76. The monoisotopic (exact) mass is 150 g/mol. The van der Waals surface area contributed by atoms with E-state index in [9.17, 15) is 4.79 Å². The minimum Gasteiger partial charge on any atom is -0.290 e. The summed E-state index contributed by atoms with van der Waals surface area (Å²) in [6, 6.07) is 0. The zero-order chi connectivity index (χ0) is 6.41. The second kappa shape index (κ2) is 4.88. The van der Waals surface area contributed by atoms with E-state index in [1.807, 2.05) is 0 Å². The van der Waals surface area contributed by atoms with Crippen molar-refractivity contribution in [3.63, 3.8) is 0 Å². The fraction of sp³-hybridized carbons (Fsp3) is 0. The molecule has 0 atom stereocenters. The fourth-order valence-corrected chi connectivity index (χ4v) is 0.428. The van der Waals surface area contributed by atoms with E-state index in [-0.39, 0.29) is 5.78 Å². The van der Waals surface area contributed by atoms with Crippen molar-refractivity contribution >= 4 is 29.0 Å². The van der Waals surface area contributed by atoms with Gasteiger partial charge in [-0.2, -0.15) is 0 Å². The zero-order valence-corrected chi connectivity index (χ0v) is 5.49. The lowest BCUT2D eigenvalue weighted by molar-refractivity contribution is -0.110. The van der Waals surface area contributed by atoms with Gasteiger partial charge >= 0.3 is 0 Å². The van der Waals surface area contributed by atoms with Gasteiger partial charge in [0.1, 0.15) is 0 Å². The number of ketones is 1. The Morgan fingerprint density at radius 3 is 1.75 bits per heavy atom. The molecular weight excluding hydrogens is 147 g/mol. The van der Waals surface area contributed by atoms with Gasteiger partial charge in [0, 0.05) is 11.1 Å². The molecule has 0 N–H and O–H groups in total. The maximum Gasteiger partial charge on any atom is 0.180 e. The van der Waals surface area contributed by atoms with Crippen molar-refractivity contribution < 1.29 is 4.79 Å². The van der Waals surface area contributed by atoms with E-state index in [1.165, 1.54) is 12.2 Å². The van der Waals surface area contributed by atoms with Crippen LogP contribution in [0.15, 0.2) is 23.2 Å². The summed E-state index contributed by atoms with van der Waals surface area (Å²) >= 11 is 10.1. The SMILES string of the molecule is O=C(/C=C/Cl)/C=C/Cl. The van der Waals surface area contributed by atoms with E-state index >= 15 is 0 Å². The number of rotatable bonds is 2. The summed E-state index contributed by atoms with van der Waals surface area (Å²) in [7, 11) is 0. The summed E-state index contributed by atoms with van der Waals surface area (Å²) in [6.07, 6.45) is 2.42.